The number of pyridine rings is 1. The Balaban J connectivity index is 1.93. The number of carbonyl (C=O) groups is 1. The number of halogens is 2. The van der Waals surface area contributed by atoms with E-state index in [9.17, 15) is 9.18 Å². The van der Waals surface area contributed by atoms with E-state index in [1.165, 1.54) is 24.0 Å². The molecule has 0 unspecified atom stereocenters. The zero-order chi connectivity index (χ0) is 20.5. The Morgan fingerprint density at radius 1 is 1.48 bits per heavy atom. The lowest BCUT2D eigenvalue weighted by Gasteiger charge is -2.34. The lowest BCUT2D eigenvalue weighted by molar-refractivity contribution is -0.135. The molecule has 0 saturated carbocycles. The third kappa shape index (κ3) is 3.53. The molecule has 3 heterocycles. The maximum Gasteiger partial charge on any atom is 0.273 e. The van der Waals surface area contributed by atoms with Crippen LogP contribution in [0, 0.1) is 0 Å². The van der Waals surface area contributed by atoms with Crippen molar-refractivity contribution in [2.45, 2.75) is 10.6 Å². The number of anilines is 2. The Morgan fingerprint density at radius 3 is 2.92 bits per heavy atom. The molecule has 0 atom stereocenters. The molecule has 0 bridgehead atoms. The molecular weight excluding hydrogens is 369 g/mol. The van der Waals surface area contributed by atoms with Crippen molar-refractivity contribution >= 4 is 40.8 Å². The smallest absolute Gasteiger partial charge is 0.273 e. The lowest BCUT2D eigenvalue weighted by atomic mass is 9.96. The van der Waals surface area contributed by atoms with Crippen LogP contribution in [0.2, 0.25) is 5.15 Å². The normalized spacial score (nSPS) is 17.6. The summed E-state index contributed by atoms with van der Waals surface area (Å²) < 4.78 is 41.0. The number of nitrogens with one attached hydrogen (secondary N) is 2. The van der Waals surface area contributed by atoms with Crippen molar-refractivity contribution in [3.8, 4) is 0 Å². The zero-order valence-electron chi connectivity index (χ0n) is 16.0. The molecule has 1 saturated heterocycles. The molecule has 2 aromatic heterocycles. The molecule has 0 aromatic carbocycles. The molecule has 7 nitrogen and oxygen atoms in total. The van der Waals surface area contributed by atoms with Gasteiger partial charge in [-0.3, -0.25) is 4.79 Å². The number of hydrogen-bond acceptors (Lipinski definition) is 7. The molecule has 25 heavy (non-hydrogen) atoms. The largest absolute Gasteiger partial charge is 0.374 e. The summed E-state index contributed by atoms with van der Waals surface area (Å²) >= 11 is 7.18. The number of rotatable bonds is 5. The number of ether oxygens (including phenoxy) is 1. The molecular formula is C15H15ClFN5O2S. The fourth-order valence-corrected chi connectivity index (χ4v) is 2.89. The van der Waals surface area contributed by atoms with Gasteiger partial charge in [-0.2, -0.15) is 0 Å². The van der Waals surface area contributed by atoms with E-state index < -0.39 is 18.6 Å². The topological polar surface area (TPSA) is 89.0 Å². The molecule has 0 radical (unpaired) electrons. The van der Waals surface area contributed by atoms with E-state index in [0.717, 1.165) is 0 Å². The van der Waals surface area contributed by atoms with Crippen molar-refractivity contribution in [1.82, 2.24) is 20.5 Å². The van der Waals surface area contributed by atoms with Crippen molar-refractivity contribution in [2.75, 3.05) is 31.8 Å². The van der Waals surface area contributed by atoms with Crippen molar-refractivity contribution < 1.29 is 18.0 Å². The highest BCUT2D eigenvalue weighted by molar-refractivity contribution is 7.98. The minimum Gasteiger partial charge on any atom is -0.374 e. The van der Waals surface area contributed by atoms with Crippen LogP contribution in [0.3, 0.4) is 0 Å². The van der Waals surface area contributed by atoms with Gasteiger partial charge < -0.3 is 15.4 Å². The van der Waals surface area contributed by atoms with Gasteiger partial charge in [0.15, 0.2) is 16.5 Å². The van der Waals surface area contributed by atoms with Gasteiger partial charge in [-0.05, 0) is 12.3 Å². The maximum absolute atomic E-state index is 14.6. The van der Waals surface area contributed by atoms with Crippen LogP contribution in [-0.2, 0) is 10.4 Å². The van der Waals surface area contributed by atoms with Crippen LogP contribution in [0.25, 0.3) is 0 Å². The van der Waals surface area contributed by atoms with E-state index in [0.29, 0.717) is 16.3 Å². The molecule has 3 rings (SSSR count). The van der Waals surface area contributed by atoms with Gasteiger partial charge in [0.05, 0.1) is 23.8 Å². The summed E-state index contributed by atoms with van der Waals surface area (Å²) in [7, 11) is 0. The number of hydrogen-bond donors (Lipinski definition) is 2. The minimum atomic E-state index is -2.69. The Kier molecular flexibility index (Phi) is 4.04. The van der Waals surface area contributed by atoms with Crippen molar-refractivity contribution in [2.24, 2.45) is 0 Å². The second-order valence-corrected chi connectivity index (χ2v) is 6.48. The summed E-state index contributed by atoms with van der Waals surface area (Å²) in [6.45, 7) is -2.75. The summed E-state index contributed by atoms with van der Waals surface area (Å²) in [5, 5.41) is 12.0. The van der Waals surface area contributed by atoms with E-state index in [1.807, 2.05) is 5.32 Å². The Labute approximate surface area is 156 Å². The molecule has 10 heteroatoms. The first-order valence-electron chi connectivity index (χ1n) is 8.55. The first-order valence-corrected chi connectivity index (χ1v) is 8.65. The minimum absolute atomic E-state index is 0.00965. The van der Waals surface area contributed by atoms with E-state index >= 15 is 0 Å². The standard InChI is InChI=1S/C15H15ClFN5O2S/c1-18-14(23)12-9(4-11(16)21-22-12)20-13-10(25-2)3-8(5-19-13)15(17)6-24-7-15/h3-5H,6-7H2,1-2H3,(H,18,23)(H,19,20,21)/i1D3. The van der Waals surface area contributed by atoms with Gasteiger partial charge in [0.25, 0.3) is 5.91 Å². The van der Waals surface area contributed by atoms with Crippen LogP contribution in [0.4, 0.5) is 15.9 Å². The van der Waals surface area contributed by atoms with Crippen LogP contribution in [0.5, 0.6) is 0 Å². The first kappa shape index (κ1) is 14.2. The lowest BCUT2D eigenvalue weighted by Crippen LogP contribution is -2.42. The SMILES string of the molecule is [2H]C([2H])([2H])NC(=O)c1nnc(Cl)cc1Nc1ncc(C2(F)COC2)cc1SC. The fourth-order valence-electron chi connectivity index (χ4n) is 2.20. The maximum atomic E-state index is 14.6. The Bertz CT molecular complexity index is 914. The summed E-state index contributed by atoms with van der Waals surface area (Å²) in [6.07, 6.45) is 3.16. The highest BCUT2D eigenvalue weighted by Crippen LogP contribution is 2.37. The monoisotopic (exact) mass is 386 g/mol. The average molecular weight is 387 g/mol. The van der Waals surface area contributed by atoms with Crippen LogP contribution in [0.1, 0.15) is 20.2 Å². The third-order valence-electron chi connectivity index (χ3n) is 3.60. The second kappa shape index (κ2) is 7.11. The number of aromatic nitrogens is 3. The van der Waals surface area contributed by atoms with E-state index in [2.05, 4.69) is 20.5 Å². The number of amides is 1. The van der Waals surface area contributed by atoms with Crippen molar-refractivity contribution in [1.29, 1.82) is 0 Å². The van der Waals surface area contributed by atoms with Crippen molar-refractivity contribution in [3.63, 3.8) is 0 Å². The highest BCUT2D eigenvalue weighted by Gasteiger charge is 2.41. The molecule has 2 aromatic rings. The van der Waals surface area contributed by atoms with Gasteiger partial charge >= 0.3 is 0 Å². The van der Waals surface area contributed by atoms with Crippen LogP contribution >= 0.6 is 23.4 Å². The molecule has 1 amide bonds. The number of nitrogens with zero attached hydrogens (tertiary/aromatic N) is 3. The highest BCUT2D eigenvalue weighted by atomic mass is 35.5. The number of alkyl halides is 1. The summed E-state index contributed by atoms with van der Waals surface area (Å²) in [6, 6.07) is 2.96. The van der Waals surface area contributed by atoms with Crippen LogP contribution in [0.15, 0.2) is 23.2 Å². The van der Waals surface area contributed by atoms with Gasteiger partial charge in [-0.15, -0.1) is 22.0 Å². The third-order valence-corrected chi connectivity index (χ3v) is 4.53. The quantitative estimate of drug-likeness (QED) is 0.763. The molecule has 0 spiro atoms. The Hall–Kier alpha value is -1.97. The van der Waals surface area contributed by atoms with Gasteiger partial charge in [0.2, 0.25) is 0 Å². The van der Waals surface area contributed by atoms with E-state index in [-0.39, 0.29) is 29.7 Å². The van der Waals surface area contributed by atoms with Gasteiger partial charge in [-0.25, -0.2) is 9.37 Å². The first-order chi connectivity index (χ1) is 13.1. The molecule has 1 aliphatic rings. The van der Waals surface area contributed by atoms with Gasteiger partial charge in [0.1, 0.15) is 5.82 Å². The van der Waals surface area contributed by atoms with E-state index in [4.69, 9.17) is 20.5 Å². The molecule has 0 aliphatic carbocycles. The zero-order valence-corrected chi connectivity index (χ0v) is 14.5. The predicted molar refractivity (Wildman–Crippen MR) is 93.3 cm³/mol. The van der Waals surface area contributed by atoms with Crippen LogP contribution < -0.4 is 10.6 Å². The Morgan fingerprint density at radius 2 is 2.28 bits per heavy atom. The van der Waals surface area contributed by atoms with Gasteiger partial charge in [-0.1, -0.05) is 11.6 Å². The van der Waals surface area contributed by atoms with Crippen molar-refractivity contribution in [3.05, 3.63) is 34.7 Å². The predicted octanol–water partition coefficient (Wildman–Crippen LogP) is 2.55. The number of carbonyl (C=O) groups excluding carboxylic acids is 1. The average Bonchev–Trinajstić information content (AvgIpc) is 2.58. The summed E-state index contributed by atoms with van der Waals surface area (Å²) in [5.74, 6) is -0.629. The second-order valence-electron chi connectivity index (χ2n) is 5.24. The summed E-state index contributed by atoms with van der Waals surface area (Å²) in [5.41, 5.74) is -1.34. The van der Waals surface area contributed by atoms with Gasteiger partial charge in [0, 0.05) is 28.9 Å². The molecule has 1 aliphatic heterocycles. The van der Waals surface area contributed by atoms with Crippen LogP contribution in [-0.4, -0.2) is 47.5 Å². The molecule has 2 N–H and O–H groups in total. The molecule has 1 fully saturated rings. The molecule has 132 valence electrons. The fraction of sp³-hybridized carbons (Fsp3) is 0.333. The number of thioether (sulfide) groups is 1. The summed E-state index contributed by atoms with van der Waals surface area (Å²) in [4.78, 5) is 17.1. The van der Waals surface area contributed by atoms with E-state index in [1.54, 1.807) is 12.3 Å².